The van der Waals surface area contributed by atoms with Gasteiger partial charge in [0.2, 0.25) is 0 Å². The van der Waals surface area contributed by atoms with Gasteiger partial charge in [0.25, 0.3) is 0 Å². The first kappa shape index (κ1) is 8.43. The number of hydrogen-bond acceptors (Lipinski definition) is 4. The lowest BCUT2D eigenvalue weighted by atomic mass is 10.1. The van der Waals surface area contributed by atoms with E-state index < -0.39 is 0 Å². The fourth-order valence-electron chi connectivity index (χ4n) is 1.54. The van der Waals surface area contributed by atoms with Crippen molar-refractivity contribution in [2.45, 2.75) is 0 Å². The molecule has 73 valence electrons. The Morgan fingerprint density at radius 3 is 3.07 bits per heavy atom. The third-order valence-corrected chi connectivity index (χ3v) is 2.97. The van der Waals surface area contributed by atoms with Crippen molar-refractivity contribution in [2.75, 3.05) is 5.73 Å². The Bertz CT molecular complexity index is 531. The number of fused-ring (bicyclic) bond motifs is 1. The largest absolute Gasteiger partial charge is 0.384 e. The molecule has 4 nitrogen and oxygen atoms in total. The van der Waals surface area contributed by atoms with Crippen molar-refractivity contribution in [3.63, 3.8) is 0 Å². The quantitative estimate of drug-likeness (QED) is 0.791. The molecule has 0 bridgehead atoms. The molecule has 0 atom stereocenters. The maximum absolute atomic E-state index is 5.72. The van der Waals surface area contributed by atoms with Crippen LogP contribution in [0.2, 0.25) is 0 Å². The molecule has 3 rings (SSSR count). The van der Waals surface area contributed by atoms with Crippen LogP contribution in [0.5, 0.6) is 0 Å². The van der Waals surface area contributed by atoms with Crippen molar-refractivity contribution in [3.05, 3.63) is 29.4 Å². The van der Waals surface area contributed by atoms with Crippen molar-refractivity contribution < 1.29 is 0 Å². The molecule has 1 aliphatic rings. The van der Waals surface area contributed by atoms with Crippen LogP contribution in [0.25, 0.3) is 16.6 Å². The third kappa shape index (κ3) is 1.28. The molecule has 0 unspecified atom stereocenters. The maximum Gasteiger partial charge on any atom is 0.162 e. The van der Waals surface area contributed by atoms with Gasteiger partial charge in [0.05, 0.1) is 0 Å². The molecule has 2 aromatic heterocycles. The number of aromatic nitrogens is 2. The monoisotopic (exact) mass is 215 g/mol. The molecule has 0 spiro atoms. The standard InChI is InChI=1S/C10H7N4S/c11-8-5-7(10-13-3-4-15-10)6-1-2-12-9(6)14-8/h1-5H,(H2,11,14). The van der Waals surface area contributed by atoms with Gasteiger partial charge in [0.1, 0.15) is 10.8 Å². The van der Waals surface area contributed by atoms with Crippen molar-refractivity contribution in [2.24, 2.45) is 0 Å². The van der Waals surface area contributed by atoms with Crippen LogP contribution in [0.3, 0.4) is 0 Å². The van der Waals surface area contributed by atoms with Gasteiger partial charge in [-0.2, -0.15) is 0 Å². The molecule has 0 aliphatic carbocycles. The van der Waals surface area contributed by atoms with Gasteiger partial charge in [-0.25, -0.2) is 15.3 Å². The summed E-state index contributed by atoms with van der Waals surface area (Å²) >= 11 is 1.58. The second-order valence-electron chi connectivity index (χ2n) is 3.11. The highest BCUT2D eigenvalue weighted by Crippen LogP contribution is 2.34. The summed E-state index contributed by atoms with van der Waals surface area (Å²) in [5.74, 6) is 1.16. The normalized spacial score (nSPS) is 12.5. The van der Waals surface area contributed by atoms with E-state index >= 15 is 0 Å². The minimum Gasteiger partial charge on any atom is -0.384 e. The van der Waals surface area contributed by atoms with E-state index in [1.54, 1.807) is 23.7 Å². The molecule has 15 heavy (non-hydrogen) atoms. The molecule has 5 heteroatoms. The maximum atomic E-state index is 5.72. The molecular formula is C10H7N4S. The van der Waals surface area contributed by atoms with E-state index in [9.17, 15) is 0 Å². The Morgan fingerprint density at radius 2 is 2.27 bits per heavy atom. The summed E-state index contributed by atoms with van der Waals surface area (Å²) < 4.78 is 0. The molecule has 1 radical (unpaired) electrons. The molecule has 0 saturated carbocycles. The molecule has 0 saturated heterocycles. The fraction of sp³-hybridized carbons (Fsp3) is 0. The highest BCUT2D eigenvalue weighted by Gasteiger charge is 2.16. The lowest BCUT2D eigenvalue weighted by Crippen LogP contribution is -1.96. The number of hydrogen-bond donors (Lipinski definition) is 1. The number of rotatable bonds is 1. The van der Waals surface area contributed by atoms with Crippen molar-refractivity contribution >= 4 is 29.0 Å². The van der Waals surface area contributed by atoms with Crippen LogP contribution < -0.4 is 11.1 Å². The Kier molecular flexibility index (Phi) is 1.72. The van der Waals surface area contributed by atoms with Gasteiger partial charge in [-0.15, -0.1) is 11.3 Å². The Hall–Kier alpha value is -1.88. The van der Waals surface area contributed by atoms with Gasteiger partial charge in [0, 0.05) is 28.9 Å². The van der Waals surface area contributed by atoms with E-state index in [1.807, 2.05) is 17.5 Å². The van der Waals surface area contributed by atoms with Gasteiger partial charge >= 0.3 is 0 Å². The molecule has 0 aromatic carbocycles. The lowest BCUT2D eigenvalue weighted by molar-refractivity contribution is 1.12. The zero-order valence-corrected chi connectivity index (χ0v) is 8.53. The summed E-state index contributed by atoms with van der Waals surface area (Å²) in [6.07, 6.45) is 5.44. The third-order valence-electron chi connectivity index (χ3n) is 2.16. The van der Waals surface area contributed by atoms with Gasteiger partial charge < -0.3 is 5.73 Å². The summed E-state index contributed by atoms with van der Waals surface area (Å²) in [4.78, 5) is 8.41. The van der Waals surface area contributed by atoms with Crippen molar-refractivity contribution in [3.8, 4) is 10.6 Å². The van der Waals surface area contributed by atoms with Crippen molar-refractivity contribution in [1.82, 2.24) is 15.3 Å². The minimum atomic E-state index is 0.478. The Labute approximate surface area is 90.5 Å². The predicted octanol–water partition coefficient (Wildman–Crippen LogP) is 2.01. The fourth-order valence-corrected chi connectivity index (χ4v) is 2.21. The first-order valence-corrected chi connectivity index (χ1v) is 5.30. The number of thiazole rings is 1. The van der Waals surface area contributed by atoms with Gasteiger partial charge in [-0.3, -0.25) is 0 Å². The second kappa shape index (κ2) is 3.06. The summed E-state index contributed by atoms with van der Waals surface area (Å²) in [5, 5.41) is 7.02. The van der Waals surface area contributed by atoms with Crippen LogP contribution in [-0.4, -0.2) is 9.97 Å². The first-order valence-electron chi connectivity index (χ1n) is 4.42. The first-order chi connectivity index (χ1) is 7.34. The van der Waals surface area contributed by atoms with Crippen LogP contribution in [0.15, 0.2) is 23.8 Å². The molecular weight excluding hydrogens is 208 g/mol. The molecule has 0 fully saturated rings. The Balaban J connectivity index is 2.27. The number of nitrogen functional groups attached to an aromatic ring is 1. The SMILES string of the molecule is Nc1cc(-c2nccs2)c2c(n1)[N]C=C2. The van der Waals surface area contributed by atoms with E-state index in [2.05, 4.69) is 15.3 Å². The summed E-state index contributed by atoms with van der Waals surface area (Å²) in [6.45, 7) is 0. The van der Waals surface area contributed by atoms with Crippen molar-refractivity contribution in [1.29, 1.82) is 0 Å². The topological polar surface area (TPSA) is 65.9 Å². The zero-order chi connectivity index (χ0) is 10.3. The van der Waals surface area contributed by atoms with E-state index in [4.69, 9.17) is 5.73 Å². The van der Waals surface area contributed by atoms with E-state index in [0.717, 1.165) is 16.1 Å². The van der Waals surface area contributed by atoms with Gasteiger partial charge in [0.15, 0.2) is 5.82 Å². The van der Waals surface area contributed by atoms with Gasteiger partial charge in [-0.05, 0) is 12.1 Å². The molecule has 3 heterocycles. The van der Waals surface area contributed by atoms with E-state index in [0.29, 0.717) is 11.6 Å². The molecule has 2 aromatic rings. The number of nitrogens with zero attached hydrogens (tertiary/aromatic N) is 3. The molecule has 2 N–H and O–H groups in total. The smallest absolute Gasteiger partial charge is 0.162 e. The summed E-state index contributed by atoms with van der Waals surface area (Å²) in [6, 6.07) is 1.84. The minimum absolute atomic E-state index is 0.478. The predicted molar refractivity (Wildman–Crippen MR) is 60.6 cm³/mol. The lowest BCUT2D eigenvalue weighted by Gasteiger charge is -2.04. The zero-order valence-electron chi connectivity index (χ0n) is 7.71. The van der Waals surface area contributed by atoms with Crippen LogP contribution in [0, 0.1) is 0 Å². The van der Waals surface area contributed by atoms with Crippen LogP contribution >= 0.6 is 11.3 Å². The number of nitrogens with two attached hydrogens (primary N) is 1. The molecule has 1 aliphatic heterocycles. The average Bonchev–Trinajstić information content (AvgIpc) is 2.86. The van der Waals surface area contributed by atoms with Crippen LogP contribution in [0.1, 0.15) is 5.56 Å². The highest BCUT2D eigenvalue weighted by molar-refractivity contribution is 7.13. The number of pyridine rings is 1. The van der Waals surface area contributed by atoms with Crippen LogP contribution in [-0.2, 0) is 0 Å². The highest BCUT2D eigenvalue weighted by atomic mass is 32.1. The molecule has 0 amide bonds. The van der Waals surface area contributed by atoms with Crippen LogP contribution in [0.4, 0.5) is 11.6 Å². The van der Waals surface area contributed by atoms with Gasteiger partial charge in [-0.1, -0.05) is 0 Å². The van der Waals surface area contributed by atoms with E-state index in [1.165, 1.54) is 0 Å². The summed E-state index contributed by atoms with van der Waals surface area (Å²) in [7, 11) is 0. The average molecular weight is 215 g/mol. The summed E-state index contributed by atoms with van der Waals surface area (Å²) in [5.41, 5.74) is 7.72. The van der Waals surface area contributed by atoms with E-state index in [-0.39, 0.29) is 0 Å². The Morgan fingerprint density at radius 1 is 1.33 bits per heavy atom. The number of anilines is 1. The second-order valence-corrected chi connectivity index (χ2v) is 4.01.